The molecule has 1 saturated heterocycles. The van der Waals surface area contributed by atoms with E-state index in [4.69, 9.17) is 9.52 Å². The van der Waals surface area contributed by atoms with Gasteiger partial charge in [-0.3, -0.25) is 4.79 Å². The Morgan fingerprint density at radius 2 is 1.71 bits per heavy atom. The number of hydrogen-bond donors (Lipinski definition) is 2. The third-order valence-corrected chi connectivity index (χ3v) is 5.01. The van der Waals surface area contributed by atoms with Gasteiger partial charge in [0.2, 0.25) is 11.8 Å². The highest BCUT2D eigenvalue weighted by molar-refractivity contribution is 5.95. The van der Waals surface area contributed by atoms with Gasteiger partial charge in [-0.25, -0.2) is 13.6 Å². The number of aromatic nitrogens is 2. The van der Waals surface area contributed by atoms with Crippen LogP contribution in [0.3, 0.4) is 0 Å². The first-order valence-corrected chi connectivity index (χ1v) is 9.71. The Kier molecular flexibility index (Phi) is 5.71. The number of carbonyl (C=O) groups excluding carboxylic acids is 1. The summed E-state index contributed by atoms with van der Waals surface area (Å²) in [5.41, 5.74) is -0.775. The molecule has 3 aromatic rings. The number of alkyl halides is 5. The lowest BCUT2D eigenvalue weighted by atomic mass is 9.97. The van der Waals surface area contributed by atoms with Gasteiger partial charge in [-0.2, -0.15) is 13.2 Å². The van der Waals surface area contributed by atoms with Crippen LogP contribution in [0.5, 0.6) is 0 Å². The van der Waals surface area contributed by atoms with Crippen molar-refractivity contribution in [1.29, 1.82) is 0 Å². The molecule has 178 valence electrons. The Labute approximate surface area is 188 Å². The van der Waals surface area contributed by atoms with E-state index < -0.39 is 54.2 Å². The first-order valence-electron chi connectivity index (χ1n) is 9.71. The zero-order valence-electron chi connectivity index (χ0n) is 17.1. The van der Waals surface area contributed by atoms with Crippen molar-refractivity contribution < 1.29 is 41.1 Å². The normalized spacial score (nSPS) is 15.0. The molecule has 2 amide bonds. The lowest BCUT2D eigenvalue weighted by Gasteiger charge is -2.38. The topological polar surface area (TPSA) is 109 Å². The molecule has 0 saturated carbocycles. The van der Waals surface area contributed by atoms with Crippen LogP contribution in [-0.2, 0) is 12.7 Å². The maximum absolute atomic E-state index is 13.8. The van der Waals surface area contributed by atoms with Crippen molar-refractivity contribution in [2.24, 2.45) is 0 Å². The van der Waals surface area contributed by atoms with Gasteiger partial charge in [0.25, 0.3) is 11.8 Å². The molecule has 0 radical (unpaired) electrons. The van der Waals surface area contributed by atoms with Gasteiger partial charge in [-0.05, 0) is 35.4 Å². The standard InChI is InChI=1S/C21H15F5N4O4/c22-20(23)9-30(10-20)18(31)12-3-1-11(2-4-12)13-5-6-14(15(7-13)21(24,25)26)17-29-28-16(34-17)8-27-19(32)33/h1-7,27H,8-10H2,(H,32,33). The van der Waals surface area contributed by atoms with Crippen LogP contribution in [0, 0.1) is 0 Å². The summed E-state index contributed by atoms with van der Waals surface area (Å²) >= 11 is 0. The molecule has 2 N–H and O–H groups in total. The maximum Gasteiger partial charge on any atom is 0.417 e. The highest BCUT2D eigenvalue weighted by Gasteiger charge is 2.46. The quantitative estimate of drug-likeness (QED) is 0.526. The fourth-order valence-corrected chi connectivity index (χ4v) is 3.37. The van der Waals surface area contributed by atoms with Crippen LogP contribution in [-0.4, -0.2) is 51.2 Å². The second-order valence-corrected chi connectivity index (χ2v) is 7.51. The van der Waals surface area contributed by atoms with Crippen LogP contribution < -0.4 is 5.32 Å². The van der Waals surface area contributed by atoms with Crippen LogP contribution in [0.1, 0.15) is 21.8 Å². The van der Waals surface area contributed by atoms with Gasteiger partial charge < -0.3 is 19.7 Å². The average Bonchev–Trinajstić information content (AvgIpc) is 3.23. The number of amides is 2. The molecule has 0 aliphatic carbocycles. The van der Waals surface area contributed by atoms with Gasteiger partial charge in [-0.1, -0.05) is 18.2 Å². The van der Waals surface area contributed by atoms with Crippen molar-refractivity contribution in [3.8, 4) is 22.6 Å². The molecule has 0 spiro atoms. The minimum absolute atomic E-state index is 0.139. The van der Waals surface area contributed by atoms with Gasteiger partial charge in [0.1, 0.15) is 0 Å². The van der Waals surface area contributed by atoms with E-state index in [1.54, 1.807) is 0 Å². The van der Waals surface area contributed by atoms with E-state index in [-0.39, 0.29) is 23.6 Å². The summed E-state index contributed by atoms with van der Waals surface area (Å²) < 4.78 is 72.4. The Morgan fingerprint density at radius 1 is 1.06 bits per heavy atom. The van der Waals surface area contributed by atoms with Crippen molar-refractivity contribution >= 4 is 12.0 Å². The van der Waals surface area contributed by atoms with E-state index in [0.29, 0.717) is 5.56 Å². The van der Waals surface area contributed by atoms with Crippen LogP contribution in [0.15, 0.2) is 46.9 Å². The van der Waals surface area contributed by atoms with Gasteiger partial charge in [0.15, 0.2) is 0 Å². The first-order chi connectivity index (χ1) is 15.9. The summed E-state index contributed by atoms with van der Waals surface area (Å²) in [5.74, 6) is -4.14. The first kappa shape index (κ1) is 23.1. The van der Waals surface area contributed by atoms with Crippen molar-refractivity contribution in [2.75, 3.05) is 13.1 Å². The van der Waals surface area contributed by atoms with Crippen molar-refractivity contribution in [2.45, 2.75) is 18.6 Å². The third-order valence-electron chi connectivity index (χ3n) is 5.01. The number of carbonyl (C=O) groups is 2. The second-order valence-electron chi connectivity index (χ2n) is 7.51. The predicted octanol–water partition coefficient (Wildman–Crippen LogP) is 4.28. The molecular weight excluding hydrogens is 467 g/mol. The minimum atomic E-state index is -4.78. The lowest BCUT2D eigenvalue weighted by molar-refractivity contribution is -0.137. The lowest BCUT2D eigenvalue weighted by Crippen LogP contribution is -2.58. The minimum Gasteiger partial charge on any atom is -0.465 e. The molecule has 1 fully saturated rings. The number of hydrogen-bond acceptors (Lipinski definition) is 5. The fraction of sp³-hybridized carbons (Fsp3) is 0.238. The van der Waals surface area contributed by atoms with E-state index in [0.717, 1.165) is 17.0 Å². The molecule has 1 aliphatic rings. The summed E-state index contributed by atoms with van der Waals surface area (Å²) in [6.45, 7) is -1.72. The molecule has 1 aromatic heterocycles. The van der Waals surface area contributed by atoms with Crippen molar-refractivity contribution in [3.63, 3.8) is 0 Å². The smallest absolute Gasteiger partial charge is 0.417 e. The summed E-state index contributed by atoms with van der Waals surface area (Å²) in [6, 6.07) is 8.95. The number of nitrogens with zero attached hydrogens (tertiary/aromatic N) is 3. The fourth-order valence-electron chi connectivity index (χ4n) is 3.37. The maximum atomic E-state index is 13.8. The largest absolute Gasteiger partial charge is 0.465 e. The van der Waals surface area contributed by atoms with Gasteiger partial charge >= 0.3 is 12.3 Å². The Hall–Kier alpha value is -4.03. The summed E-state index contributed by atoms with van der Waals surface area (Å²) in [6.07, 6.45) is -6.15. The molecule has 0 bridgehead atoms. The summed E-state index contributed by atoms with van der Waals surface area (Å²) in [4.78, 5) is 23.7. The van der Waals surface area contributed by atoms with Crippen molar-refractivity contribution in [1.82, 2.24) is 20.4 Å². The molecule has 0 atom stereocenters. The monoisotopic (exact) mass is 482 g/mol. The number of halogens is 5. The molecule has 4 rings (SSSR count). The number of carboxylic acid groups (broad SMARTS) is 1. The van der Waals surface area contributed by atoms with Crippen LogP contribution in [0.25, 0.3) is 22.6 Å². The van der Waals surface area contributed by atoms with Crippen LogP contribution in [0.2, 0.25) is 0 Å². The Morgan fingerprint density at radius 3 is 2.29 bits per heavy atom. The molecule has 34 heavy (non-hydrogen) atoms. The molecule has 2 aromatic carbocycles. The number of benzene rings is 2. The summed E-state index contributed by atoms with van der Waals surface area (Å²) in [7, 11) is 0. The van der Waals surface area contributed by atoms with E-state index in [9.17, 15) is 31.5 Å². The molecule has 8 nitrogen and oxygen atoms in total. The van der Waals surface area contributed by atoms with E-state index in [1.165, 1.54) is 30.3 Å². The zero-order chi connectivity index (χ0) is 24.7. The molecule has 2 heterocycles. The zero-order valence-corrected chi connectivity index (χ0v) is 17.1. The van der Waals surface area contributed by atoms with Crippen LogP contribution >= 0.6 is 0 Å². The molecule has 1 aliphatic heterocycles. The van der Waals surface area contributed by atoms with Gasteiger partial charge in [-0.15, -0.1) is 10.2 Å². The van der Waals surface area contributed by atoms with Crippen molar-refractivity contribution in [3.05, 3.63) is 59.5 Å². The third kappa shape index (κ3) is 4.82. The molecule has 13 heteroatoms. The van der Waals surface area contributed by atoms with Crippen LogP contribution in [0.4, 0.5) is 26.7 Å². The molecule has 0 unspecified atom stereocenters. The number of likely N-dealkylation sites (tertiary alicyclic amines) is 1. The highest BCUT2D eigenvalue weighted by atomic mass is 19.4. The highest BCUT2D eigenvalue weighted by Crippen LogP contribution is 2.39. The second kappa shape index (κ2) is 8.39. The number of rotatable bonds is 5. The average molecular weight is 482 g/mol. The Balaban J connectivity index is 1.59. The Bertz CT molecular complexity index is 1230. The van der Waals surface area contributed by atoms with E-state index in [2.05, 4.69) is 10.2 Å². The predicted molar refractivity (Wildman–Crippen MR) is 106 cm³/mol. The molecular formula is C21H15F5N4O4. The van der Waals surface area contributed by atoms with E-state index >= 15 is 0 Å². The van der Waals surface area contributed by atoms with Gasteiger partial charge in [0, 0.05) is 5.56 Å². The van der Waals surface area contributed by atoms with Gasteiger partial charge in [0.05, 0.1) is 30.8 Å². The number of nitrogens with one attached hydrogen (secondary N) is 1. The SMILES string of the molecule is O=C(O)NCc1nnc(-c2ccc(-c3ccc(C(=O)N4CC(F)(F)C4)cc3)cc2C(F)(F)F)o1. The summed E-state index contributed by atoms with van der Waals surface area (Å²) in [5, 5.41) is 17.7. The van der Waals surface area contributed by atoms with E-state index in [1.807, 2.05) is 5.32 Å².